The van der Waals surface area contributed by atoms with Gasteiger partial charge in [-0.25, -0.2) is 0 Å². The van der Waals surface area contributed by atoms with Gasteiger partial charge in [0, 0.05) is 12.1 Å². The van der Waals surface area contributed by atoms with Crippen molar-refractivity contribution in [3.05, 3.63) is 39.4 Å². The van der Waals surface area contributed by atoms with E-state index in [1.54, 1.807) is 19.9 Å². The smallest absolute Gasteiger partial charge is 0.282 e. The second kappa shape index (κ2) is 5.40. The number of carbonyl (C=O) groups is 1. The molecule has 1 rings (SSSR count). The Morgan fingerprint density at radius 3 is 2.76 bits per heavy atom. The SMILES string of the molecule is Cc1cccc([N+](=O)[O-])c1C(=O)N[C@@H](C)CO. The molecule has 1 amide bonds. The molecule has 0 aliphatic carbocycles. The van der Waals surface area contributed by atoms with Gasteiger partial charge in [0.25, 0.3) is 11.6 Å². The number of nitro groups is 1. The Balaban J connectivity index is 3.11. The topological polar surface area (TPSA) is 92.5 Å². The Labute approximate surface area is 98.4 Å². The Morgan fingerprint density at radius 1 is 1.59 bits per heavy atom. The van der Waals surface area contributed by atoms with Crippen LogP contribution in [0.2, 0.25) is 0 Å². The molecular weight excluding hydrogens is 224 g/mol. The van der Waals surface area contributed by atoms with E-state index in [9.17, 15) is 14.9 Å². The number of benzene rings is 1. The summed E-state index contributed by atoms with van der Waals surface area (Å²) < 4.78 is 0. The van der Waals surface area contributed by atoms with Crippen molar-refractivity contribution in [2.45, 2.75) is 19.9 Å². The molecule has 92 valence electrons. The molecule has 17 heavy (non-hydrogen) atoms. The zero-order chi connectivity index (χ0) is 13.0. The third kappa shape index (κ3) is 3.01. The van der Waals surface area contributed by atoms with Crippen LogP contribution in [0.3, 0.4) is 0 Å². The quantitative estimate of drug-likeness (QED) is 0.605. The van der Waals surface area contributed by atoms with E-state index in [0.717, 1.165) is 0 Å². The third-order valence-corrected chi connectivity index (χ3v) is 2.33. The van der Waals surface area contributed by atoms with Gasteiger partial charge in [0.2, 0.25) is 0 Å². The minimum Gasteiger partial charge on any atom is -0.394 e. The number of hydrogen-bond donors (Lipinski definition) is 2. The molecule has 0 heterocycles. The highest BCUT2D eigenvalue weighted by Crippen LogP contribution is 2.21. The molecule has 0 saturated heterocycles. The molecule has 0 aliphatic rings. The molecule has 0 aromatic heterocycles. The number of hydrogen-bond acceptors (Lipinski definition) is 4. The van der Waals surface area contributed by atoms with Gasteiger partial charge in [-0.2, -0.15) is 0 Å². The van der Waals surface area contributed by atoms with Crippen molar-refractivity contribution < 1.29 is 14.8 Å². The molecule has 0 unspecified atom stereocenters. The van der Waals surface area contributed by atoms with Gasteiger partial charge in [0.1, 0.15) is 5.56 Å². The molecule has 1 aromatic rings. The summed E-state index contributed by atoms with van der Waals surface area (Å²) >= 11 is 0. The molecule has 6 heteroatoms. The van der Waals surface area contributed by atoms with Gasteiger partial charge in [-0.15, -0.1) is 0 Å². The molecular formula is C11H14N2O4. The Morgan fingerprint density at radius 2 is 2.24 bits per heavy atom. The van der Waals surface area contributed by atoms with E-state index in [-0.39, 0.29) is 17.9 Å². The lowest BCUT2D eigenvalue weighted by atomic mass is 10.1. The number of aliphatic hydroxyl groups is 1. The van der Waals surface area contributed by atoms with Crippen LogP contribution in [0.1, 0.15) is 22.8 Å². The van der Waals surface area contributed by atoms with E-state index in [4.69, 9.17) is 5.11 Å². The number of nitro benzene ring substituents is 1. The van der Waals surface area contributed by atoms with Crippen LogP contribution in [0.15, 0.2) is 18.2 Å². The number of aliphatic hydroxyl groups excluding tert-OH is 1. The number of carbonyl (C=O) groups excluding carboxylic acids is 1. The van der Waals surface area contributed by atoms with Crippen molar-refractivity contribution in [1.82, 2.24) is 5.32 Å². The molecule has 6 nitrogen and oxygen atoms in total. The molecule has 0 fully saturated rings. The minimum atomic E-state index is -0.592. The van der Waals surface area contributed by atoms with Crippen molar-refractivity contribution in [3.8, 4) is 0 Å². The van der Waals surface area contributed by atoms with E-state index < -0.39 is 16.9 Å². The van der Waals surface area contributed by atoms with Gasteiger partial charge in [-0.3, -0.25) is 14.9 Å². The van der Waals surface area contributed by atoms with Gasteiger partial charge in [-0.1, -0.05) is 12.1 Å². The fourth-order valence-corrected chi connectivity index (χ4v) is 1.44. The van der Waals surface area contributed by atoms with E-state index in [1.165, 1.54) is 12.1 Å². The van der Waals surface area contributed by atoms with Crippen LogP contribution in [0.25, 0.3) is 0 Å². The molecule has 0 saturated carbocycles. The summed E-state index contributed by atoms with van der Waals surface area (Å²) in [6, 6.07) is 4.00. The lowest BCUT2D eigenvalue weighted by molar-refractivity contribution is -0.385. The highest BCUT2D eigenvalue weighted by molar-refractivity contribution is 5.99. The average Bonchev–Trinajstić information content (AvgIpc) is 2.28. The largest absolute Gasteiger partial charge is 0.394 e. The van der Waals surface area contributed by atoms with E-state index in [2.05, 4.69) is 5.32 Å². The van der Waals surface area contributed by atoms with Crippen LogP contribution in [0.5, 0.6) is 0 Å². The normalized spacial score (nSPS) is 11.9. The highest BCUT2D eigenvalue weighted by Gasteiger charge is 2.22. The number of nitrogens with one attached hydrogen (secondary N) is 1. The lowest BCUT2D eigenvalue weighted by Gasteiger charge is -2.12. The van der Waals surface area contributed by atoms with E-state index in [0.29, 0.717) is 5.56 Å². The lowest BCUT2D eigenvalue weighted by Crippen LogP contribution is -2.35. The van der Waals surface area contributed by atoms with Crippen LogP contribution in [0.4, 0.5) is 5.69 Å². The van der Waals surface area contributed by atoms with Crippen LogP contribution >= 0.6 is 0 Å². The zero-order valence-corrected chi connectivity index (χ0v) is 9.64. The molecule has 2 N–H and O–H groups in total. The summed E-state index contributed by atoms with van der Waals surface area (Å²) in [5, 5.41) is 22.1. The number of amides is 1. The molecule has 0 radical (unpaired) electrons. The number of nitrogens with zero attached hydrogens (tertiary/aromatic N) is 1. The Kier molecular flexibility index (Phi) is 4.17. The summed E-state index contributed by atoms with van der Waals surface area (Å²) in [5.74, 6) is -0.545. The van der Waals surface area contributed by atoms with Crippen molar-refractivity contribution in [2.24, 2.45) is 0 Å². The molecule has 0 spiro atoms. The zero-order valence-electron chi connectivity index (χ0n) is 9.64. The van der Waals surface area contributed by atoms with E-state index >= 15 is 0 Å². The predicted octanol–water partition coefficient (Wildman–Crippen LogP) is 1.01. The maximum Gasteiger partial charge on any atom is 0.282 e. The summed E-state index contributed by atoms with van der Waals surface area (Å²) in [6.07, 6.45) is 0. The first-order valence-corrected chi connectivity index (χ1v) is 5.13. The van der Waals surface area contributed by atoms with Crippen molar-refractivity contribution >= 4 is 11.6 Å². The predicted molar refractivity (Wildman–Crippen MR) is 61.8 cm³/mol. The number of rotatable bonds is 4. The second-order valence-corrected chi connectivity index (χ2v) is 3.78. The van der Waals surface area contributed by atoms with Crippen LogP contribution < -0.4 is 5.32 Å². The first-order chi connectivity index (χ1) is 7.97. The molecule has 1 atom stereocenters. The summed E-state index contributed by atoms with van der Waals surface area (Å²) in [4.78, 5) is 22.1. The van der Waals surface area contributed by atoms with E-state index in [1.807, 2.05) is 0 Å². The first-order valence-electron chi connectivity index (χ1n) is 5.13. The van der Waals surface area contributed by atoms with Crippen molar-refractivity contribution in [2.75, 3.05) is 6.61 Å². The Hall–Kier alpha value is -1.95. The maximum absolute atomic E-state index is 11.8. The van der Waals surface area contributed by atoms with Crippen LogP contribution in [-0.2, 0) is 0 Å². The summed E-state index contributed by atoms with van der Waals surface area (Å²) in [6.45, 7) is 3.03. The number of aryl methyl sites for hydroxylation is 1. The standard InChI is InChI=1S/C11H14N2O4/c1-7-4-3-5-9(13(16)17)10(7)11(15)12-8(2)6-14/h3-5,8,14H,6H2,1-2H3,(H,12,15)/t8-/m0/s1. The Bertz CT molecular complexity index is 445. The minimum absolute atomic E-state index is 0.0396. The van der Waals surface area contributed by atoms with Gasteiger partial charge in [-0.05, 0) is 19.4 Å². The average molecular weight is 238 g/mol. The fourth-order valence-electron chi connectivity index (χ4n) is 1.44. The summed E-state index contributed by atoms with van der Waals surface area (Å²) in [5.41, 5.74) is 0.340. The van der Waals surface area contributed by atoms with Crippen LogP contribution in [0, 0.1) is 17.0 Å². The van der Waals surface area contributed by atoms with Crippen molar-refractivity contribution in [1.29, 1.82) is 0 Å². The van der Waals surface area contributed by atoms with Gasteiger partial charge >= 0.3 is 0 Å². The molecule has 0 aliphatic heterocycles. The van der Waals surface area contributed by atoms with Crippen molar-refractivity contribution in [3.63, 3.8) is 0 Å². The first kappa shape index (κ1) is 13.1. The summed E-state index contributed by atoms with van der Waals surface area (Å²) in [7, 11) is 0. The van der Waals surface area contributed by atoms with Gasteiger partial charge < -0.3 is 10.4 Å². The highest BCUT2D eigenvalue weighted by atomic mass is 16.6. The molecule has 1 aromatic carbocycles. The monoisotopic (exact) mass is 238 g/mol. The van der Waals surface area contributed by atoms with Crippen LogP contribution in [-0.4, -0.2) is 28.6 Å². The second-order valence-electron chi connectivity index (χ2n) is 3.78. The third-order valence-electron chi connectivity index (χ3n) is 2.33. The molecule has 0 bridgehead atoms. The fraction of sp³-hybridized carbons (Fsp3) is 0.364. The maximum atomic E-state index is 11.8. The van der Waals surface area contributed by atoms with Gasteiger partial charge in [0.05, 0.1) is 11.5 Å². The van der Waals surface area contributed by atoms with Gasteiger partial charge in [0.15, 0.2) is 0 Å².